The van der Waals surface area contributed by atoms with Gasteiger partial charge in [-0.15, -0.1) is 6.58 Å². The van der Waals surface area contributed by atoms with Crippen LogP contribution in [0.25, 0.3) is 0 Å². The largest absolute Gasteiger partial charge is 0.297 e. The Balaban J connectivity index is 2.29. The topological polar surface area (TPSA) is 58.6 Å². The van der Waals surface area contributed by atoms with Crippen molar-refractivity contribution >= 4 is 21.6 Å². The van der Waals surface area contributed by atoms with E-state index in [2.05, 4.69) is 11.3 Å². The van der Waals surface area contributed by atoms with Gasteiger partial charge in [-0.1, -0.05) is 29.8 Å². The molecule has 5 nitrogen and oxygen atoms in total. The standard InChI is InChI=1S/C13H17ClN2O3S/c1-3-8-15-20(17,18)12-9-19-16(2)13(12)10-4-6-11(14)7-5-10/h3-7,12-13,15H,1,8-9H2,2H3. The number of nitrogens with one attached hydrogen (secondary N) is 1. The summed E-state index contributed by atoms with van der Waals surface area (Å²) in [5.74, 6) is 0. The second-order valence-corrected chi connectivity index (χ2v) is 6.98. The van der Waals surface area contributed by atoms with E-state index < -0.39 is 15.3 Å². The van der Waals surface area contributed by atoms with Crippen molar-refractivity contribution in [3.63, 3.8) is 0 Å². The fourth-order valence-electron chi connectivity index (χ4n) is 2.22. The molecule has 1 heterocycles. The Hall–Kier alpha value is -0.920. The molecule has 2 rings (SSSR count). The van der Waals surface area contributed by atoms with E-state index in [4.69, 9.17) is 16.4 Å². The molecule has 0 saturated carbocycles. The lowest BCUT2D eigenvalue weighted by molar-refractivity contribution is -0.110. The van der Waals surface area contributed by atoms with Gasteiger partial charge in [-0.05, 0) is 17.7 Å². The quantitative estimate of drug-likeness (QED) is 0.841. The minimum atomic E-state index is -3.48. The number of hydroxylamine groups is 2. The number of halogens is 1. The van der Waals surface area contributed by atoms with Gasteiger partial charge in [0.25, 0.3) is 0 Å². The third kappa shape index (κ3) is 3.21. The second-order valence-electron chi connectivity index (χ2n) is 4.56. The first-order valence-electron chi connectivity index (χ1n) is 6.16. The molecule has 1 aromatic carbocycles. The Bertz CT molecular complexity index is 574. The summed E-state index contributed by atoms with van der Waals surface area (Å²) in [6.45, 7) is 3.83. The summed E-state index contributed by atoms with van der Waals surface area (Å²) in [7, 11) is -1.76. The molecule has 2 atom stereocenters. The van der Waals surface area contributed by atoms with E-state index in [1.165, 1.54) is 6.08 Å². The molecule has 7 heteroatoms. The Morgan fingerprint density at radius 1 is 1.50 bits per heavy atom. The molecule has 0 radical (unpaired) electrons. The summed E-state index contributed by atoms with van der Waals surface area (Å²) in [5.41, 5.74) is 0.850. The van der Waals surface area contributed by atoms with Crippen LogP contribution in [0.4, 0.5) is 0 Å². The van der Waals surface area contributed by atoms with E-state index in [0.29, 0.717) is 5.02 Å². The van der Waals surface area contributed by atoms with E-state index in [1.807, 2.05) is 12.1 Å². The third-order valence-electron chi connectivity index (χ3n) is 3.23. The summed E-state index contributed by atoms with van der Waals surface area (Å²) in [5, 5.41) is 1.51. The van der Waals surface area contributed by atoms with Crippen LogP contribution in [-0.4, -0.2) is 38.9 Å². The predicted octanol–water partition coefficient (Wildman–Crippen LogP) is 1.73. The summed E-state index contributed by atoms with van der Waals surface area (Å²) in [6.07, 6.45) is 1.51. The third-order valence-corrected chi connectivity index (χ3v) is 5.24. The summed E-state index contributed by atoms with van der Waals surface area (Å²) in [4.78, 5) is 5.38. The van der Waals surface area contributed by atoms with Gasteiger partial charge < -0.3 is 0 Å². The van der Waals surface area contributed by atoms with E-state index >= 15 is 0 Å². The summed E-state index contributed by atoms with van der Waals surface area (Å²) < 4.78 is 27.1. The van der Waals surface area contributed by atoms with Gasteiger partial charge in [0.05, 0.1) is 12.6 Å². The first-order chi connectivity index (χ1) is 9.45. The number of nitrogens with zero attached hydrogens (tertiary/aromatic N) is 1. The van der Waals surface area contributed by atoms with Crippen molar-refractivity contribution in [3.8, 4) is 0 Å². The van der Waals surface area contributed by atoms with Crippen LogP contribution in [-0.2, 0) is 14.9 Å². The number of benzene rings is 1. The van der Waals surface area contributed by atoms with Crippen molar-refractivity contribution < 1.29 is 13.3 Å². The average Bonchev–Trinajstić information content (AvgIpc) is 2.80. The number of sulfonamides is 1. The molecule has 0 amide bonds. The molecule has 1 aromatic rings. The van der Waals surface area contributed by atoms with Crippen LogP contribution < -0.4 is 4.72 Å². The molecule has 0 bridgehead atoms. The van der Waals surface area contributed by atoms with Gasteiger partial charge in [-0.25, -0.2) is 13.1 Å². The Morgan fingerprint density at radius 3 is 2.75 bits per heavy atom. The molecule has 20 heavy (non-hydrogen) atoms. The lowest BCUT2D eigenvalue weighted by Crippen LogP contribution is -2.39. The van der Waals surface area contributed by atoms with Crippen LogP contribution in [0.15, 0.2) is 36.9 Å². The number of hydrogen-bond donors (Lipinski definition) is 1. The van der Waals surface area contributed by atoms with Gasteiger partial charge in [-0.2, -0.15) is 5.06 Å². The van der Waals surface area contributed by atoms with Crippen LogP contribution in [0.1, 0.15) is 11.6 Å². The molecule has 1 N–H and O–H groups in total. The zero-order valence-electron chi connectivity index (χ0n) is 11.1. The van der Waals surface area contributed by atoms with Crippen LogP contribution in [0.5, 0.6) is 0 Å². The maximum atomic E-state index is 12.3. The minimum Gasteiger partial charge on any atom is -0.297 e. The van der Waals surface area contributed by atoms with Crippen molar-refractivity contribution in [1.82, 2.24) is 9.79 Å². The molecule has 0 aromatic heterocycles. The highest BCUT2D eigenvalue weighted by Gasteiger charge is 2.42. The number of hydrogen-bond acceptors (Lipinski definition) is 4. The van der Waals surface area contributed by atoms with Crippen molar-refractivity contribution in [2.75, 3.05) is 20.2 Å². The van der Waals surface area contributed by atoms with Crippen LogP contribution >= 0.6 is 11.6 Å². The molecular formula is C13H17ClN2O3S. The molecular weight excluding hydrogens is 300 g/mol. The molecule has 110 valence electrons. The summed E-state index contributed by atoms with van der Waals surface area (Å²) >= 11 is 5.86. The van der Waals surface area contributed by atoms with Crippen molar-refractivity contribution in [2.24, 2.45) is 0 Å². The number of rotatable bonds is 5. The molecule has 1 aliphatic rings. The summed E-state index contributed by atoms with van der Waals surface area (Å²) in [6, 6.07) is 6.74. The van der Waals surface area contributed by atoms with Crippen LogP contribution in [0.3, 0.4) is 0 Å². The van der Waals surface area contributed by atoms with Gasteiger partial charge in [0.2, 0.25) is 10.0 Å². The lowest BCUT2D eigenvalue weighted by atomic mass is 10.0. The smallest absolute Gasteiger partial charge is 0.219 e. The van der Waals surface area contributed by atoms with Gasteiger partial charge in [0, 0.05) is 18.6 Å². The Kier molecular flexibility index (Phi) is 4.82. The Labute approximate surface area is 124 Å². The SMILES string of the molecule is C=CCNS(=O)(=O)C1CON(C)C1c1ccc(Cl)cc1. The van der Waals surface area contributed by atoms with Gasteiger partial charge in [0.1, 0.15) is 5.25 Å². The Morgan fingerprint density at radius 2 is 2.15 bits per heavy atom. The van der Waals surface area contributed by atoms with Crippen LogP contribution in [0, 0.1) is 0 Å². The van der Waals surface area contributed by atoms with Crippen molar-refractivity contribution in [1.29, 1.82) is 0 Å². The molecule has 1 saturated heterocycles. The molecule has 0 aliphatic carbocycles. The molecule has 0 spiro atoms. The monoisotopic (exact) mass is 316 g/mol. The van der Waals surface area contributed by atoms with Crippen LogP contribution in [0.2, 0.25) is 5.02 Å². The van der Waals surface area contributed by atoms with E-state index in [0.717, 1.165) is 5.56 Å². The van der Waals surface area contributed by atoms with E-state index in [1.54, 1.807) is 24.2 Å². The fraction of sp³-hybridized carbons (Fsp3) is 0.385. The first-order valence-corrected chi connectivity index (χ1v) is 8.08. The maximum absolute atomic E-state index is 12.3. The maximum Gasteiger partial charge on any atom is 0.219 e. The first kappa shape index (κ1) is 15.5. The lowest BCUT2D eigenvalue weighted by Gasteiger charge is -2.23. The molecule has 1 fully saturated rings. The highest BCUT2D eigenvalue weighted by Crippen LogP contribution is 2.33. The zero-order valence-corrected chi connectivity index (χ0v) is 12.7. The van der Waals surface area contributed by atoms with Crippen molar-refractivity contribution in [2.45, 2.75) is 11.3 Å². The minimum absolute atomic E-state index is 0.121. The van der Waals surface area contributed by atoms with Gasteiger partial charge >= 0.3 is 0 Å². The normalized spacial score (nSPS) is 23.9. The fourth-order valence-corrected chi connectivity index (χ4v) is 3.82. The van der Waals surface area contributed by atoms with E-state index in [9.17, 15) is 8.42 Å². The highest BCUT2D eigenvalue weighted by molar-refractivity contribution is 7.90. The highest BCUT2D eigenvalue weighted by atomic mass is 35.5. The average molecular weight is 317 g/mol. The van der Waals surface area contributed by atoms with Gasteiger partial charge in [0.15, 0.2) is 0 Å². The second kappa shape index (κ2) is 6.24. The van der Waals surface area contributed by atoms with Gasteiger partial charge in [-0.3, -0.25) is 4.84 Å². The van der Waals surface area contributed by atoms with E-state index in [-0.39, 0.29) is 19.2 Å². The zero-order chi connectivity index (χ0) is 14.8. The van der Waals surface area contributed by atoms with Crippen molar-refractivity contribution in [3.05, 3.63) is 47.5 Å². The predicted molar refractivity (Wildman–Crippen MR) is 78.8 cm³/mol. The molecule has 1 aliphatic heterocycles. The molecule has 2 unspecified atom stereocenters.